The number of ether oxygens (including phenoxy) is 1. The first-order chi connectivity index (χ1) is 13.7. The van der Waals surface area contributed by atoms with Gasteiger partial charge in [0.2, 0.25) is 0 Å². The highest BCUT2D eigenvalue weighted by Crippen LogP contribution is 2.27. The number of rotatable bonds is 4. The first kappa shape index (κ1) is 19.0. The van der Waals surface area contributed by atoms with Crippen LogP contribution in [0.5, 0.6) is 0 Å². The molecule has 1 fully saturated rings. The summed E-state index contributed by atoms with van der Waals surface area (Å²) in [6.45, 7) is 4.09. The maximum atomic E-state index is 12.4. The molecule has 4 rings (SSSR count). The van der Waals surface area contributed by atoms with Crippen molar-refractivity contribution in [2.45, 2.75) is 6.42 Å². The standard InChI is InChI=1S/C20H24BrN5O2/c1-28-13-7-22-20(27)25-9-3-8-24(11-12-25)19-18-4-2-10-26(18)17-6-5-15(21)14-16(17)23-19/h2,4-6,10,14H,3,7-9,11-13H2,1H3,(H,22,27). The van der Waals surface area contributed by atoms with Crippen LogP contribution in [-0.4, -0.2) is 66.8 Å². The van der Waals surface area contributed by atoms with Gasteiger partial charge in [-0.25, -0.2) is 9.78 Å². The van der Waals surface area contributed by atoms with Crippen molar-refractivity contribution in [2.24, 2.45) is 0 Å². The number of anilines is 1. The molecule has 0 radical (unpaired) electrons. The van der Waals surface area contributed by atoms with E-state index in [1.807, 2.05) is 17.0 Å². The van der Waals surface area contributed by atoms with Gasteiger partial charge < -0.3 is 24.3 Å². The lowest BCUT2D eigenvalue weighted by Crippen LogP contribution is -2.43. The minimum atomic E-state index is -0.0258. The molecule has 148 valence electrons. The SMILES string of the molecule is COCCNC(=O)N1CCCN(c2nc3cc(Br)ccc3n3cccc23)CC1. The number of benzene rings is 1. The first-order valence-corrected chi connectivity index (χ1v) is 10.3. The zero-order valence-corrected chi connectivity index (χ0v) is 17.5. The number of methoxy groups -OCH3 is 1. The van der Waals surface area contributed by atoms with Crippen LogP contribution in [0.2, 0.25) is 0 Å². The van der Waals surface area contributed by atoms with Gasteiger partial charge in [0.25, 0.3) is 0 Å². The number of hydrogen-bond acceptors (Lipinski definition) is 4. The molecule has 28 heavy (non-hydrogen) atoms. The summed E-state index contributed by atoms with van der Waals surface area (Å²) in [7, 11) is 1.63. The summed E-state index contributed by atoms with van der Waals surface area (Å²) in [6.07, 6.45) is 2.98. The molecule has 0 atom stereocenters. The van der Waals surface area contributed by atoms with E-state index in [1.54, 1.807) is 7.11 Å². The molecule has 1 aromatic carbocycles. The van der Waals surface area contributed by atoms with Gasteiger partial charge in [0.15, 0.2) is 5.82 Å². The lowest BCUT2D eigenvalue weighted by atomic mass is 10.3. The zero-order valence-electron chi connectivity index (χ0n) is 15.9. The smallest absolute Gasteiger partial charge is 0.317 e. The molecule has 1 aliphatic rings. The lowest BCUT2D eigenvalue weighted by Gasteiger charge is -2.24. The molecule has 3 heterocycles. The van der Waals surface area contributed by atoms with Gasteiger partial charge in [0.05, 0.1) is 23.2 Å². The minimum Gasteiger partial charge on any atom is -0.383 e. The summed E-state index contributed by atoms with van der Waals surface area (Å²) < 4.78 is 8.20. The maximum absolute atomic E-state index is 12.4. The number of halogens is 1. The highest BCUT2D eigenvalue weighted by molar-refractivity contribution is 9.10. The molecule has 0 saturated carbocycles. The molecule has 1 saturated heterocycles. The van der Waals surface area contributed by atoms with Crippen molar-refractivity contribution in [2.75, 3.05) is 51.3 Å². The van der Waals surface area contributed by atoms with E-state index in [4.69, 9.17) is 9.72 Å². The van der Waals surface area contributed by atoms with Crippen LogP contribution in [0.1, 0.15) is 6.42 Å². The third-order valence-corrected chi connectivity index (χ3v) is 5.56. The van der Waals surface area contributed by atoms with Crippen LogP contribution in [0.25, 0.3) is 16.6 Å². The van der Waals surface area contributed by atoms with E-state index >= 15 is 0 Å². The zero-order chi connectivity index (χ0) is 19.5. The van der Waals surface area contributed by atoms with E-state index in [-0.39, 0.29) is 6.03 Å². The molecule has 0 spiro atoms. The summed E-state index contributed by atoms with van der Waals surface area (Å²) in [5.74, 6) is 0.970. The van der Waals surface area contributed by atoms with Crippen molar-refractivity contribution >= 4 is 44.3 Å². The van der Waals surface area contributed by atoms with E-state index in [1.165, 1.54) is 0 Å². The maximum Gasteiger partial charge on any atom is 0.317 e. The number of nitrogens with one attached hydrogen (secondary N) is 1. The second-order valence-corrected chi connectivity index (χ2v) is 7.80. The predicted octanol–water partition coefficient (Wildman–Crippen LogP) is 3.12. The molecular weight excluding hydrogens is 422 g/mol. The van der Waals surface area contributed by atoms with Gasteiger partial charge in [0.1, 0.15) is 0 Å². The molecule has 1 N–H and O–H groups in total. The molecule has 2 amide bonds. The Kier molecular flexibility index (Phi) is 5.68. The van der Waals surface area contributed by atoms with Crippen LogP contribution < -0.4 is 10.2 Å². The fourth-order valence-corrected chi connectivity index (χ4v) is 4.02. The average molecular weight is 446 g/mol. The summed E-state index contributed by atoms with van der Waals surface area (Å²) in [6, 6.07) is 10.3. The Labute approximate surface area is 172 Å². The van der Waals surface area contributed by atoms with Gasteiger partial charge in [0, 0.05) is 50.5 Å². The second kappa shape index (κ2) is 8.36. The molecular formula is C20H24BrN5O2. The van der Waals surface area contributed by atoms with Crippen LogP contribution >= 0.6 is 15.9 Å². The summed E-state index contributed by atoms with van der Waals surface area (Å²) in [4.78, 5) is 21.5. The summed E-state index contributed by atoms with van der Waals surface area (Å²) in [5.41, 5.74) is 3.13. The van der Waals surface area contributed by atoms with E-state index in [0.29, 0.717) is 19.7 Å². The molecule has 3 aromatic rings. The number of fused-ring (bicyclic) bond motifs is 3. The van der Waals surface area contributed by atoms with Crippen molar-refractivity contribution in [3.05, 3.63) is 41.0 Å². The van der Waals surface area contributed by atoms with Gasteiger partial charge in [-0.05, 0) is 36.8 Å². The molecule has 2 aromatic heterocycles. The Hall–Kier alpha value is -2.32. The topological polar surface area (TPSA) is 62.1 Å². The van der Waals surface area contributed by atoms with Crippen LogP contribution in [0.4, 0.5) is 10.6 Å². The number of amides is 2. The van der Waals surface area contributed by atoms with Crippen LogP contribution in [0.3, 0.4) is 0 Å². The van der Waals surface area contributed by atoms with Crippen molar-refractivity contribution in [1.29, 1.82) is 0 Å². The average Bonchev–Trinajstić information content (AvgIpc) is 3.05. The van der Waals surface area contributed by atoms with E-state index in [9.17, 15) is 4.79 Å². The normalized spacial score (nSPS) is 15.2. The minimum absolute atomic E-state index is 0.0258. The van der Waals surface area contributed by atoms with Crippen molar-refractivity contribution < 1.29 is 9.53 Å². The lowest BCUT2D eigenvalue weighted by molar-refractivity contribution is 0.181. The Bertz CT molecular complexity index is 989. The third-order valence-electron chi connectivity index (χ3n) is 5.07. The van der Waals surface area contributed by atoms with Crippen LogP contribution in [0.15, 0.2) is 41.0 Å². The van der Waals surface area contributed by atoms with Crippen molar-refractivity contribution in [3.63, 3.8) is 0 Å². The Morgan fingerprint density at radius 1 is 1.21 bits per heavy atom. The third kappa shape index (κ3) is 3.79. The number of hydrogen-bond donors (Lipinski definition) is 1. The number of urea groups is 1. The fourth-order valence-electron chi connectivity index (χ4n) is 3.67. The van der Waals surface area contributed by atoms with Gasteiger partial charge in [-0.2, -0.15) is 0 Å². The van der Waals surface area contributed by atoms with E-state index in [2.05, 4.69) is 54.9 Å². The molecule has 0 bridgehead atoms. The quantitative estimate of drug-likeness (QED) is 0.626. The Balaban J connectivity index is 1.58. The predicted molar refractivity (Wildman–Crippen MR) is 114 cm³/mol. The second-order valence-electron chi connectivity index (χ2n) is 6.88. The Morgan fingerprint density at radius 2 is 2.11 bits per heavy atom. The van der Waals surface area contributed by atoms with Crippen molar-refractivity contribution in [1.82, 2.24) is 19.6 Å². The molecule has 7 nitrogen and oxygen atoms in total. The molecule has 1 aliphatic heterocycles. The highest BCUT2D eigenvalue weighted by Gasteiger charge is 2.21. The first-order valence-electron chi connectivity index (χ1n) is 9.50. The largest absolute Gasteiger partial charge is 0.383 e. The van der Waals surface area contributed by atoms with Crippen LogP contribution in [-0.2, 0) is 4.74 Å². The van der Waals surface area contributed by atoms with E-state index in [0.717, 1.165) is 52.9 Å². The van der Waals surface area contributed by atoms with Crippen molar-refractivity contribution in [3.8, 4) is 0 Å². The molecule has 0 aliphatic carbocycles. The Morgan fingerprint density at radius 3 is 2.96 bits per heavy atom. The van der Waals surface area contributed by atoms with Gasteiger partial charge in [-0.1, -0.05) is 15.9 Å². The molecule has 8 heteroatoms. The van der Waals surface area contributed by atoms with Gasteiger partial charge >= 0.3 is 6.03 Å². The van der Waals surface area contributed by atoms with Crippen LogP contribution in [0, 0.1) is 0 Å². The number of aromatic nitrogens is 2. The molecule has 0 unspecified atom stereocenters. The number of carbonyl (C=O) groups is 1. The number of nitrogens with zero attached hydrogens (tertiary/aromatic N) is 4. The highest BCUT2D eigenvalue weighted by atomic mass is 79.9. The summed E-state index contributed by atoms with van der Waals surface area (Å²) in [5, 5.41) is 2.91. The summed E-state index contributed by atoms with van der Waals surface area (Å²) >= 11 is 3.55. The fraction of sp³-hybridized carbons (Fsp3) is 0.400. The monoisotopic (exact) mass is 445 g/mol. The van der Waals surface area contributed by atoms with Gasteiger partial charge in [-0.3, -0.25) is 0 Å². The number of carbonyl (C=O) groups excluding carboxylic acids is 1. The van der Waals surface area contributed by atoms with Gasteiger partial charge in [-0.15, -0.1) is 0 Å². The van der Waals surface area contributed by atoms with E-state index < -0.39 is 0 Å².